The Balaban J connectivity index is 2.34. The van der Waals surface area contributed by atoms with E-state index < -0.39 is 21.9 Å². The molecule has 0 aliphatic carbocycles. The summed E-state index contributed by atoms with van der Waals surface area (Å²) in [6, 6.07) is 11.2. The second-order valence-corrected chi connectivity index (χ2v) is 7.45. The zero-order valence-corrected chi connectivity index (χ0v) is 15.2. The summed E-state index contributed by atoms with van der Waals surface area (Å²) in [4.78, 5) is 23.2. The first-order valence-electron chi connectivity index (χ1n) is 8.00. The molecule has 0 aliphatic rings. The molecule has 8 heteroatoms. The molecule has 0 bridgehead atoms. The lowest BCUT2D eigenvalue weighted by Gasteiger charge is -2.15. The van der Waals surface area contributed by atoms with Gasteiger partial charge in [-0.1, -0.05) is 25.1 Å². The molecule has 0 aliphatic heterocycles. The summed E-state index contributed by atoms with van der Waals surface area (Å²) < 4.78 is 27.5. The predicted molar refractivity (Wildman–Crippen MR) is 97.9 cm³/mol. The molecule has 2 rings (SSSR count). The van der Waals surface area contributed by atoms with Gasteiger partial charge in [-0.2, -0.15) is 0 Å². The molecule has 0 aromatic heterocycles. The van der Waals surface area contributed by atoms with E-state index in [2.05, 4.69) is 10.0 Å². The highest BCUT2D eigenvalue weighted by Gasteiger charge is 2.20. The molecule has 0 heterocycles. The molecule has 0 saturated carbocycles. The van der Waals surface area contributed by atoms with Gasteiger partial charge < -0.3 is 10.4 Å². The quantitative estimate of drug-likeness (QED) is 0.688. The van der Waals surface area contributed by atoms with E-state index in [1.807, 2.05) is 13.8 Å². The van der Waals surface area contributed by atoms with E-state index in [4.69, 9.17) is 5.11 Å². The summed E-state index contributed by atoms with van der Waals surface area (Å²) in [5.41, 5.74) is 0.162. The number of benzene rings is 2. The Bertz CT molecular complexity index is 925. The van der Waals surface area contributed by atoms with Crippen LogP contribution < -0.4 is 10.0 Å². The van der Waals surface area contributed by atoms with Gasteiger partial charge in [0.25, 0.3) is 15.9 Å². The smallest absolute Gasteiger partial charge is 0.335 e. The van der Waals surface area contributed by atoms with Gasteiger partial charge in [0, 0.05) is 6.04 Å². The number of carboxylic acids is 1. The second-order valence-electron chi connectivity index (χ2n) is 5.77. The minimum atomic E-state index is -4.05. The maximum atomic E-state index is 12.6. The first-order valence-corrected chi connectivity index (χ1v) is 9.49. The molecule has 2 aromatic carbocycles. The zero-order chi connectivity index (χ0) is 19.3. The van der Waals surface area contributed by atoms with Crippen molar-refractivity contribution in [2.24, 2.45) is 0 Å². The number of aromatic carboxylic acids is 1. The van der Waals surface area contributed by atoms with Crippen LogP contribution in [0.2, 0.25) is 0 Å². The molecule has 1 amide bonds. The lowest BCUT2D eigenvalue weighted by molar-refractivity contribution is 0.0696. The van der Waals surface area contributed by atoms with E-state index in [-0.39, 0.29) is 27.8 Å². The largest absolute Gasteiger partial charge is 0.478 e. The molecule has 1 atom stereocenters. The van der Waals surface area contributed by atoms with Crippen molar-refractivity contribution in [1.82, 2.24) is 5.32 Å². The standard InChI is InChI=1S/C18H20N2O5S/c1-3-12(2)19-17(21)15-9-4-5-10-16(15)20-26(24,25)14-8-6-7-13(11-14)18(22)23/h4-12,20H,3H2,1-2H3,(H,19,21)(H,22,23). The molecule has 2 aromatic rings. The summed E-state index contributed by atoms with van der Waals surface area (Å²) in [5.74, 6) is -1.62. The Kier molecular flexibility index (Phi) is 5.99. The minimum Gasteiger partial charge on any atom is -0.478 e. The van der Waals surface area contributed by atoms with Crippen LogP contribution in [0.25, 0.3) is 0 Å². The fourth-order valence-electron chi connectivity index (χ4n) is 2.17. The lowest BCUT2D eigenvalue weighted by atomic mass is 10.1. The molecule has 0 fully saturated rings. The Morgan fingerprint density at radius 1 is 1.12 bits per heavy atom. The van der Waals surface area contributed by atoms with Gasteiger partial charge in [0.15, 0.2) is 0 Å². The van der Waals surface area contributed by atoms with Gasteiger partial charge in [-0.15, -0.1) is 0 Å². The average Bonchev–Trinajstić information content (AvgIpc) is 2.61. The van der Waals surface area contributed by atoms with Crippen LogP contribution in [0.5, 0.6) is 0 Å². The summed E-state index contributed by atoms with van der Waals surface area (Å²) in [5, 5.41) is 11.8. The first kappa shape index (κ1) is 19.5. The maximum absolute atomic E-state index is 12.6. The third-order valence-electron chi connectivity index (χ3n) is 3.80. The van der Waals surface area contributed by atoms with E-state index in [1.165, 1.54) is 30.3 Å². The fourth-order valence-corrected chi connectivity index (χ4v) is 3.30. The third kappa shape index (κ3) is 4.60. The fraction of sp³-hybridized carbons (Fsp3) is 0.222. The Labute approximate surface area is 152 Å². The number of amides is 1. The molecular weight excluding hydrogens is 356 g/mol. The van der Waals surface area contributed by atoms with Gasteiger partial charge in [0.2, 0.25) is 0 Å². The van der Waals surface area contributed by atoms with Gasteiger partial charge >= 0.3 is 5.97 Å². The number of carbonyl (C=O) groups is 2. The van der Waals surface area contributed by atoms with Crippen LogP contribution in [0.15, 0.2) is 53.4 Å². The first-order chi connectivity index (χ1) is 12.2. The monoisotopic (exact) mass is 376 g/mol. The van der Waals surface area contributed by atoms with Crippen molar-refractivity contribution in [1.29, 1.82) is 0 Å². The Hall–Kier alpha value is -2.87. The highest BCUT2D eigenvalue weighted by Crippen LogP contribution is 2.21. The van der Waals surface area contributed by atoms with Crippen LogP contribution in [-0.4, -0.2) is 31.4 Å². The highest BCUT2D eigenvalue weighted by atomic mass is 32.2. The van der Waals surface area contributed by atoms with Gasteiger partial charge in [-0.3, -0.25) is 9.52 Å². The molecule has 138 valence electrons. The van der Waals surface area contributed by atoms with Crippen molar-refractivity contribution in [3.8, 4) is 0 Å². The molecule has 1 unspecified atom stereocenters. The van der Waals surface area contributed by atoms with Gasteiger partial charge in [-0.05, 0) is 43.7 Å². The Morgan fingerprint density at radius 3 is 2.46 bits per heavy atom. The number of hydrogen-bond donors (Lipinski definition) is 3. The van der Waals surface area contributed by atoms with Crippen LogP contribution in [0.1, 0.15) is 41.0 Å². The molecule has 0 saturated heterocycles. The SMILES string of the molecule is CCC(C)NC(=O)c1ccccc1NS(=O)(=O)c1cccc(C(=O)O)c1. The van der Waals surface area contributed by atoms with E-state index in [9.17, 15) is 18.0 Å². The van der Waals surface area contributed by atoms with Gasteiger partial charge in [0.1, 0.15) is 0 Å². The third-order valence-corrected chi connectivity index (χ3v) is 5.16. The normalized spacial score (nSPS) is 12.2. The number of hydrogen-bond acceptors (Lipinski definition) is 4. The molecule has 0 spiro atoms. The number of carbonyl (C=O) groups excluding carboxylic acids is 1. The maximum Gasteiger partial charge on any atom is 0.335 e. The van der Waals surface area contributed by atoms with Crippen molar-refractivity contribution in [2.45, 2.75) is 31.2 Å². The topological polar surface area (TPSA) is 113 Å². The number of sulfonamides is 1. The van der Waals surface area contributed by atoms with Crippen molar-refractivity contribution in [3.05, 3.63) is 59.7 Å². The lowest BCUT2D eigenvalue weighted by Crippen LogP contribution is -2.32. The van der Waals surface area contributed by atoms with Crippen molar-refractivity contribution in [3.63, 3.8) is 0 Å². The molecule has 3 N–H and O–H groups in total. The van der Waals surface area contributed by atoms with E-state index in [0.29, 0.717) is 0 Å². The van der Waals surface area contributed by atoms with Crippen LogP contribution in [0.3, 0.4) is 0 Å². The van der Waals surface area contributed by atoms with E-state index in [0.717, 1.165) is 12.5 Å². The van der Waals surface area contributed by atoms with Gasteiger partial charge in [-0.25, -0.2) is 13.2 Å². The molecular formula is C18H20N2O5S. The summed E-state index contributed by atoms with van der Waals surface area (Å²) in [6.07, 6.45) is 0.738. The number of rotatable bonds is 7. The number of para-hydroxylation sites is 1. The predicted octanol–water partition coefficient (Wildman–Crippen LogP) is 2.71. The van der Waals surface area contributed by atoms with Crippen molar-refractivity contribution >= 4 is 27.6 Å². The average molecular weight is 376 g/mol. The van der Waals surface area contributed by atoms with Crippen LogP contribution in [0.4, 0.5) is 5.69 Å². The highest BCUT2D eigenvalue weighted by molar-refractivity contribution is 7.92. The Morgan fingerprint density at radius 2 is 1.81 bits per heavy atom. The number of nitrogens with one attached hydrogen (secondary N) is 2. The van der Waals surface area contributed by atoms with Gasteiger partial charge in [0.05, 0.1) is 21.7 Å². The van der Waals surface area contributed by atoms with E-state index in [1.54, 1.807) is 12.1 Å². The molecule has 26 heavy (non-hydrogen) atoms. The molecule has 7 nitrogen and oxygen atoms in total. The summed E-state index contributed by atoms with van der Waals surface area (Å²) in [7, 11) is -4.05. The minimum absolute atomic E-state index is 0.0561. The summed E-state index contributed by atoms with van der Waals surface area (Å²) in [6.45, 7) is 3.77. The van der Waals surface area contributed by atoms with Crippen molar-refractivity contribution < 1.29 is 23.1 Å². The van der Waals surface area contributed by atoms with Crippen LogP contribution in [0, 0.1) is 0 Å². The number of anilines is 1. The van der Waals surface area contributed by atoms with Crippen molar-refractivity contribution in [2.75, 3.05) is 4.72 Å². The molecule has 0 radical (unpaired) electrons. The second kappa shape index (κ2) is 8.01. The van der Waals surface area contributed by atoms with Crippen LogP contribution >= 0.6 is 0 Å². The summed E-state index contributed by atoms with van der Waals surface area (Å²) >= 11 is 0. The van der Waals surface area contributed by atoms with E-state index >= 15 is 0 Å². The van der Waals surface area contributed by atoms with Crippen LogP contribution in [-0.2, 0) is 10.0 Å². The number of carboxylic acid groups (broad SMARTS) is 1. The zero-order valence-electron chi connectivity index (χ0n) is 14.4.